The summed E-state index contributed by atoms with van der Waals surface area (Å²) in [6.07, 6.45) is 6.66. The van der Waals surface area contributed by atoms with Gasteiger partial charge in [0.25, 0.3) is 0 Å². The smallest absolute Gasteiger partial charge is 0.0352 e. The minimum absolute atomic E-state index is 1.11. The van der Waals surface area contributed by atoms with Crippen LogP contribution in [0.2, 0.25) is 0 Å². The van der Waals surface area contributed by atoms with Gasteiger partial charge in [0.05, 0.1) is 0 Å². The molecule has 0 N–H and O–H groups in total. The van der Waals surface area contributed by atoms with Crippen molar-refractivity contribution in [1.29, 1.82) is 0 Å². The number of aryl methyl sites for hydroxylation is 6. The van der Waals surface area contributed by atoms with Crippen LogP contribution in [0.15, 0.2) is 84.9 Å². The van der Waals surface area contributed by atoms with E-state index in [1.807, 2.05) is 22.7 Å². The summed E-state index contributed by atoms with van der Waals surface area (Å²) < 4.78 is 2.81. The second-order valence-corrected chi connectivity index (χ2v) is 12.2. The maximum absolute atomic E-state index is 2.41. The quantitative estimate of drug-likeness (QED) is 0.193. The van der Waals surface area contributed by atoms with E-state index < -0.39 is 0 Å². The van der Waals surface area contributed by atoms with Gasteiger partial charge in [-0.3, -0.25) is 0 Å². The molecule has 36 heavy (non-hydrogen) atoms. The Morgan fingerprint density at radius 3 is 1.19 bits per heavy atom. The van der Waals surface area contributed by atoms with Crippen LogP contribution in [0.5, 0.6) is 0 Å². The maximum atomic E-state index is 2.41. The van der Waals surface area contributed by atoms with Crippen molar-refractivity contribution in [3.63, 3.8) is 0 Å². The van der Waals surface area contributed by atoms with Crippen molar-refractivity contribution >= 4 is 53.6 Å². The van der Waals surface area contributed by atoms with Gasteiger partial charge in [-0.2, -0.15) is 0 Å². The van der Waals surface area contributed by atoms with Crippen molar-refractivity contribution in [3.05, 3.63) is 117 Å². The zero-order valence-corrected chi connectivity index (χ0v) is 22.8. The largest absolute Gasteiger partial charge is 0.140 e. The number of hydrogen-bond acceptors (Lipinski definition) is 2. The molecule has 0 nitrogen and oxygen atoms in total. The van der Waals surface area contributed by atoms with Crippen LogP contribution in [0, 0.1) is 0 Å². The van der Waals surface area contributed by atoms with Gasteiger partial charge in [-0.05, 0) is 119 Å². The summed E-state index contributed by atoms with van der Waals surface area (Å²) in [6.45, 7) is 4.43. The van der Waals surface area contributed by atoms with E-state index in [4.69, 9.17) is 0 Å². The molecule has 0 bridgehead atoms. The molecule has 2 heterocycles. The van der Waals surface area contributed by atoms with Crippen molar-refractivity contribution in [1.82, 2.24) is 0 Å². The molecule has 0 saturated carbocycles. The van der Waals surface area contributed by atoms with Crippen molar-refractivity contribution in [2.75, 3.05) is 0 Å². The van der Waals surface area contributed by atoms with Gasteiger partial charge in [0.1, 0.15) is 0 Å². The predicted octanol–water partition coefficient (Wildman–Crippen LogP) is 9.96. The van der Waals surface area contributed by atoms with Crippen LogP contribution in [0.3, 0.4) is 0 Å². The molecule has 0 amide bonds. The minimum Gasteiger partial charge on any atom is -0.140 e. The molecule has 180 valence electrons. The number of fused-ring (bicyclic) bond motifs is 3. The van der Waals surface area contributed by atoms with E-state index in [0.29, 0.717) is 0 Å². The molecule has 0 spiro atoms. The number of rotatable bonds is 8. The first kappa shape index (κ1) is 23.5. The van der Waals surface area contributed by atoms with Crippen molar-refractivity contribution in [3.8, 4) is 0 Å². The van der Waals surface area contributed by atoms with Crippen LogP contribution in [0.25, 0.3) is 30.9 Å². The van der Waals surface area contributed by atoms with Crippen molar-refractivity contribution in [2.45, 2.75) is 52.4 Å². The van der Waals surface area contributed by atoms with E-state index in [0.717, 1.165) is 38.5 Å². The highest BCUT2D eigenvalue weighted by molar-refractivity contribution is 7.19. The van der Waals surface area contributed by atoms with E-state index in [1.165, 1.54) is 63.0 Å². The molecular weight excluding hydrogens is 473 g/mol. The monoisotopic (exact) mass is 504 g/mol. The lowest BCUT2D eigenvalue weighted by Crippen LogP contribution is -1.89. The average Bonchev–Trinajstić information content (AvgIpc) is 3.51. The third-order valence-corrected chi connectivity index (χ3v) is 9.71. The predicted molar refractivity (Wildman–Crippen MR) is 161 cm³/mol. The minimum atomic E-state index is 1.11. The lowest BCUT2D eigenvalue weighted by atomic mass is 10.0. The Hall–Kier alpha value is -2.94. The van der Waals surface area contributed by atoms with Gasteiger partial charge in [-0.15, -0.1) is 22.7 Å². The highest BCUT2D eigenvalue weighted by Gasteiger charge is 2.09. The summed E-state index contributed by atoms with van der Waals surface area (Å²) in [6, 6.07) is 32.7. The Balaban J connectivity index is 1.20. The Kier molecular flexibility index (Phi) is 6.65. The topological polar surface area (TPSA) is 0 Å². The third kappa shape index (κ3) is 4.98. The Morgan fingerprint density at radius 1 is 0.417 bits per heavy atom. The molecule has 2 aromatic heterocycles. The zero-order valence-electron chi connectivity index (χ0n) is 21.1. The van der Waals surface area contributed by atoms with Crippen LogP contribution < -0.4 is 0 Å². The molecule has 0 atom stereocenters. The van der Waals surface area contributed by atoms with E-state index in [-0.39, 0.29) is 0 Å². The molecule has 0 aliphatic carbocycles. The van der Waals surface area contributed by atoms with E-state index in [2.05, 4.69) is 98.8 Å². The average molecular weight is 505 g/mol. The highest BCUT2D eigenvalue weighted by Crippen LogP contribution is 2.35. The molecule has 0 fully saturated rings. The van der Waals surface area contributed by atoms with Gasteiger partial charge in [0.2, 0.25) is 0 Å². The standard InChI is InChI=1S/C34H32S2/c1-3-23-5-9-25(10-6-23)13-15-31-19-29-17-27-22-34-30(18-28(27)21-33(29)35-31)20-32(36-34)16-14-26-11-7-24(4-2)8-12-26/h5-12,17-22H,3-4,13-16H2,1-2H3. The molecule has 0 aliphatic heterocycles. The second kappa shape index (κ2) is 10.2. The fourth-order valence-electron chi connectivity index (χ4n) is 5.10. The molecule has 0 saturated heterocycles. The molecule has 2 heteroatoms. The zero-order chi connectivity index (χ0) is 24.5. The van der Waals surface area contributed by atoms with Gasteiger partial charge in [-0.1, -0.05) is 62.4 Å². The molecule has 6 aromatic rings. The third-order valence-electron chi connectivity index (χ3n) is 7.40. The first-order chi connectivity index (χ1) is 17.7. The summed E-state index contributed by atoms with van der Waals surface area (Å²) in [5.74, 6) is 0. The summed E-state index contributed by atoms with van der Waals surface area (Å²) >= 11 is 3.92. The second-order valence-electron chi connectivity index (χ2n) is 9.89. The Labute approximate surface area is 222 Å². The highest BCUT2D eigenvalue weighted by atomic mass is 32.1. The van der Waals surface area contributed by atoms with E-state index in [9.17, 15) is 0 Å². The Bertz CT molecular complexity index is 1440. The normalized spacial score (nSPS) is 11.7. The van der Waals surface area contributed by atoms with E-state index in [1.54, 1.807) is 0 Å². The Morgan fingerprint density at radius 2 is 0.806 bits per heavy atom. The number of hydrogen-bond donors (Lipinski definition) is 0. The number of benzene rings is 4. The van der Waals surface area contributed by atoms with Crippen LogP contribution in [-0.4, -0.2) is 0 Å². The number of thiophene rings is 2. The van der Waals surface area contributed by atoms with Crippen LogP contribution in [0.4, 0.5) is 0 Å². The summed E-state index contributed by atoms with van der Waals surface area (Å²) in [5, 5.41) is 5.49. The van der Waals surface area contributed by atoms with Crippen LogP contribution in [0.1, 0.15) is 45.9 Å². The van der Waals surface area contributed by atoms with Crippen molar-refractivity contribution in [2.24, 2.45) is 0 Å². The van der Waals surface area contributed by atoms with Gasteiger partial charge in [0, 0.05) is 19.2 Å². The molecule has 0 radical (unpaired) electrons. The lowest BCUT2D eigenvalue weighted by Gasteiger charge is -2.01. The van der Waals surface area contributed by atoms with Crippen LogP contribution >= 0.6 is 22.7 Å². The SMILES string of the molecule is CCc1ccc(CCc2cc3cc4cc5sc(CCc6ccc(CC)cc6)cc5cc4cc3s2)cc1. The summed E-state index contributed by atoms with van der Waals surface area (Å²) in [7, 11) is 0. The van der Waals surface area contributed by atoms with E-state index >= 15 is 0 Å². The molecule has 4 aromatic carbocycles. The summed E-state index contributed by atoms with van der Waals surface area (Å²) in [4.78, 5) is 2.96. The van der Waals surface area contributed by atoms with Gasteiger partial charge in [0.15, 0.2) is 0 Å². The van der Waals surface area contributed by atoms with Crippen LogP contribution in [-0.2, 0) is 38.5 Å². The van der Waals surface area contributed by atoms with Crippen molar-refractivity contribution < 1.29 is 0 Å². The molecule has 0 unspecified atom stereocenters. The molecule has 6 rings (SSSR count). The van der Waals surface area contributed by atoms with Gasteiger partial charge >= 0.3 is 0 Å². The first-order valence-corrected chi connectivity index (χ1v) is 14.8. The fraction of sp³-hybridized carbons (Fsp3) is 0.235. The first-order valence-electron chi connectivity index (χ1n) is 13.2. The fourth-order valence-corrected chi connectivity index (χ4v) is 7.29. The summed E-state index contributed by atoms with van der Waals surface area (Å²) in [5.41, 5.74) is 5.70. The lowest BCUT2D eigenvalue weighted by molar-refractivity contribution is 0.977. The molecule has 0 aliphatic rings. The van der Waals surface area contributed by atoms with Gasteiger partial charge in [-0.25, -0.2) is 0 Å². The maximum Gasteiger partial charge on any atom is 0.0352 e. The van der Waals surface area contributed by atoms with Gasteiger partial charge < -0.3 is 0 Å². The molecular formula is C34H32S2.